The Bertz CT molecular complexity index is 796. The minimum absolute atomic E-state index is 0.0537. The molecule has 0 atom stereocenters. The summed E-state index contributed by atoms with van der Waals surface area (Å²) in [5.74, 6) is 0.0694. The molecule has 2 N–H and O–H groups in total. The number of carbonyl (C=O) groups excluding carboxylic acids is 2. The van der Waals surface area contributed by atoms with E-state index in [0.29, 0.717) is 28.7 Å². The van der Waals surface area contributed by atoms with Crippen LogP contribution in [0.4, 0.5) is 11.4 Å². The number of ether oxygens (including phenoxy) is 1. The van der Waals surface area contributed by atoms with Gasteiger partial charge in [0, 0.05) is 12.6 Å². The van der Waals surface area contributed by atoms with Crippen molar-refractivity contribution in [1.82, 2.24) is 4.90 Å². The summed E-state index contributed by atoms with van der Waals surface area (Å²) in [6.07, 6.45) is 0. The summed E-state index contributed by atoms with van der Waals surface area (Å²) in [5, 5.41) is 5.79. The van der Waals surface area contributed by atoms with Crippen LogP contribution in [0, 0.1) is 0 Å². The molecule has 0 fully saturated rings. The van der Waals surface area contributed by atoms with Crippen molar-refractivity contribution in [3.8, 4) is 5.75 Å². The smallest absolute Gasteiger partial charge is 0.262 e. The van der Waals surface area contributed by atoms with Gasteiger partial charge in [0.1, 0.15) is 5.75 Å². The summed E-state index contributed by atoms with van der Waals surface area (Å²) in [6, 6.07) is 13.1. The summed E-state index contributed by atoms with van der Waals surface area (Å²) in [5.41, 5.74) is 2.09. The van der Waals surface area contributed by atoms with E-state index in [1.165, 1.54) is 0 Å². The highest BCUT2D eigenvalue weighted by atomic mass is 35.5. The predicted octanol–water partition coefficient (Wildman–Crippen LogP) is 2.74. The highest BCUT2D eigenvalue weighted by Crippen LogP contribution is 2.36. The molecule has 0 aromatic heterocycles. The first-order chi connectivity index (χ1) is 12.0. The summed E-state index contributed by atoms with van der Waals surface area (Å²) in [6.45, 7) is 0.836. The number of hydrogen-bond donors (Lipinski definition) is 2. The largest absolute Gasteiger partial charge is 0.482 e. The average Bonchev–Trinajstić information content (AvgIpc) is 2.56. The molecule has 2 aromatic carbocycles. The van der Waals surface area contributed by atoms with Gasteiger partial charge in [-0.15, -0.1) is 0 Å². The molecule has 6 nitrogen and oxygen atoms in total. The number of benzene rings is 2. The monoisotopic (exact) mass is 359 g/mol. The third-order valence-corrected chi connectivity index (χ3v) is 4.00. The maximum atomic E-state index is 12.3. The number of halogens is 1. The maximum Gasteiger partial charge on any atom is 0.262 e. The maximum absolute atomic E-state index is 12.3. The lowest BCUT2D eigenvalue weighted by Gasteiger charge is -2.20. The third-order valence-electron chi connectivity index (χ3n) is 3.69. The van der Waals surface area contributed by atoms with Crippen molar-refractivity contribution in [3.63, 3.8) is 0 Å². The van der Waals surface area contributed by atoms with Crippen molar-refractivity contribution < 1.29 is 14.3 Å². The molecule has 0 saturated heterocycles. The fourth-order valence-electron chi connectivity index (χ4n) is 2.58. The van der Waals surface area contributed by atoms with Gasteiger partial charge in [0.05, 0.1) is 22.9 Å². The van der Waals surface area contributed by atoms with E-state index >= 15 is 0 Å². The molecule has 1 aliphatic rings. The number of hydrogen-bond acceptors (Lipinski definition) is 4. The quantitative estimate of drug-likeness (QED) is 0.861. The van der Waals surface area contributed by atoms with Crippen molar-refractivity contribution in [3.05, 3.63) is 53.1 Å². The molecule has 0 aliphatic carbocycles. The third kappa shape index (κ3) is 4.49. The van der Waals surface area contributed by atoms with Crippen LogP contribution in [0.5, 0.6) is 5.75 Å². The van der Waals surface area contributed by atoms with Gasteiger partial charge in [0.25, 0.3) is 5.91 Å². The lowest BCUT2D eigenvalue weighted by molar-refractivity contribution is -0.119. The Morgan fingerprint density at radius 1 is 1.32 bits per heavy atom. The number of carbonyl (C=O) groups is 2. The van der Waals surface area contributed by atoms with Gasteiger partial charge in [-0.05, 0) is 18.7 Å². The molecule has 25 heavy (non-hydrogen) atoms. The number of fused-ring (bicyclic) bond motifs is 1. The van der Waals surface area contributed by atoms with Crippen molar-refractivity contribution in [1.29, 1.82) is 0 Å². The van der Waals surface area contributed by atoms with Crippen LogP contribution in [0.15, 0.2) is 42.5 Å². The molecule has 7 heteroatoms. The van der Waals surface area contributed by atoms with Crippen molar-refractivity contribution in [2.24, 2.45) is 0 Å². The van der Waals surface area contributed by atoms with Crippen LogP contribution < -0.4 is 15.4 Å². The second kappa shape index (κ2) is 7.55. The minimum Gasteiger partial charge on any atom is -0.482 e. The van der Waals surface area contributed by atoms with Crippen LogP contribution in [0.3, 0.4) is 0 Å². The van der Waals surface area contributed by atoms with Crippen LogP contribution in [0.1, 0.15) is 5.56 Å². The Labute approximate surface area is 150 Å². The normalized spacial score (nSPS) is 13.0. The summed E-state index contributed by atoms with van der Waals surface area (Å²) < 4.78 is 5.34. The molecule has 1 heterocycles. The Hall–Kier alpha value is -2.57. The van der Waals surface area contributed by atoms with E-state index in [2.05, 4.69) is 10.6 Å². The molecule has 130 valence electrons. The molecule has 0 radical (unpaired) electrons. The van der Waals surface area contributed by atoms with Crippen LogP contribution in [0.2, 0.25) is 5.02 Å². The fraction of sp³-hybridized carbons (Fsp3) is 0.222. The molecule has 1 aliphatic heterocycles. The zero-order chi connectivity index (χ0) is 17.8. The van der Waals surface area contributed by atoms with Gasteiger partial charge in [-0.2, -0.15) is 0 Å². The molecule has 0 unspecified atom stereocenters. The molecule has 0 bridgehead atoms. The van der Waals surface area contributed by atoms with E-state index in [-0.39, 0.29) is 25.0 Å². The van der Waals surface area contributed by atoms with E-state index < -0.39 is 0 Å². The molecular formula is C18H18ClN3O3. The zero-order valence-corrected chi connectivity index (χ0v) is 14.5. The molecular weight excluding hydrogens is 342 g/mol. The number of nitrogens with zero attached hydrogens (tertiary/aromatic N) is 1. The highest BCUT2D eigenvalue weighted by Gasteiger charge is 2.19. The SMILES string of the molecule is CN(CC(=O)Nc1cc2c(cc1Cl)NC(=O)CO2)Cc1ccccc1. The van der Waals surface area contributed by atoms with Gasteiger partial charge in [-0.3, -0.25) is 14.5 Å². The second-order valence-corrected chi connectivity index (χ2v) is 6.28. The van der Waals surface area contributed by atoms with Gasteiger partial charge >= 0.3 is 0 Å². The van der Waals surface area contributed by atoms with Crippen molar-refractivity contribution >= 4 is 34.8 Å². The second-order valence-electron chi connectivity index (χ2n) is 5.87. The van der Waals surface area contributed by atoms with E-state index in [1.807, 2.05) is 42.3 Å². The number of anilines is 2. The standard InChI is InChI=1S/C18H18ClN3O3/c1-22(9-12-5-3-2-4-6-12)10-17(23)20-14-8-16-15(7-13(14)19)21-18(24)11-25-16/h2-8H,9-11H2,1H3,(H,20,23)(H,21,24). The van der Waals surface area contributed by atoms with E-state index in [4.69, 9.17) is 16.3 Å². The summed E-state index contributed by atoms with van der Waals surface area (Å²) >= 11 is 6.18. The predicted molar refractivity (Wildman–Crippen MR) is 97.0 cm³/mol. The Morgan fingerprint density at radius 3 is 2.84 bits per heavy atom. The molecule has 2 amide bonds. The van der Waals surface area contributed by atoms with Crippen LogP contribution in [0.25, 0.3) is 0 Å². The zero-order valence-electron chi connectivity index (χ0n) is 13.7. The van der Waals surface area contributed by atoms with Gasteiger partial charge in [0.2, 0.25) is 5.91 Å². The topological polar surface area (TPSA) is 70.7 Å². The molecule has 2 aromatic rings. The van der Waals surface area contributed by atoms with Crippen molar-refractivity contribution in [2.45, 2.75) is 6.54 Å². The number of amides is 2. The molecule has 0 saturated carbocycles. The van der Waals surface area contributed by atoms with E-state index in [9.17, 15) is 9.59 Å². The van der Waals surface area contributed by atoms with E-state index in [0.717, 1.165) is 5.56 Å². The average molecular weight is 360 g/mol. The van der Waals surface area contributed by atoms with Gasteiger partial charge < -0.3 is 15.4 Å². The number of nitrogens with one attached hydrogen (secondary N) is 2. The first-order valence-electron chi connectivity index (χ1n) is 7.80. The fourth-order valence-corrected chi connectivity index (χ4v) is 2.79. The van der Waals surface area contributed by atoms with Crippen LogP contribution >= 0.6 is 11.6 Å². The Morgan fingerprint density at radius 2 is 2.08 bits per heavy atom. The van der Waals surface area contributed by atoms with Crippen LogP contribution in [-0.2, 0) is 16.1 Å². The number of rotatable bonds is 5. The lowest BCUT2D eigenvalue weighted by Crippen LogP contribution is -2.30. The van der Waals surface area contributed by atoms with Gasteiger partial charge in [0.15, 0.2) is 6.61 Å². The Kier molecular flexibility index (Phi) is 5.21. The first kappa shape index (κ1) is 17.3. The van der Waals surface area contributed by atoms with Gasteiger partial charge in [-0.25, -0.2) is 0 Å². The Balaban J connectivity index is 1.62. The molecule has 0 spiro atoms. The molecule has 3 rings (SSSR count). The highest BCUT2D eigenvalue weighted by molar-refractivity contribution is 6.34. The lowest BCUT2D eigenvalue weighted by atomic mass is 10.2. The van der Waals surface area contributed by atoms with Crippen molar-refractivity contribution in [2.75, 3.05) is 30.8 Å². The van der Waals surface area contributed by atoms with Gasteiger partial charge in [-0.1, -0.05) is 41.9 Å². The van der Waals surface area contributed by atoms with Crippen LogP contribution in [-0.4, -0.2) is 36.9 Å². The summed E-state index contributed by atoms with van der Waals surface area (Å²) in [4.78, 5) is 25.5. The minimum atomic E-state index is -0.233. The first-order valence-corrected chi connectivity index (χ1v) is 8.17. The van der Waals surface area contributed by atoms with E-state index in [1.54, 1.807) is 12.1 Å². The number of likely N-dealkylation sites (N-methyl/N-ethyl adjacent to an activating group) is 1. The summed E-state index contributed by atoms with van der Waals surface area (Å²) in [7, 11) is 1.87.